The molecule has 4 heterocycles. The maximum atomic E-state index is 12.9. The van der Waals surface area contributed by atoms with Gasteiger partial charge in [0, 0.05) is 18.0 Å². The molecule has 0 saturated carbocycles. The van der Waals surface area contributed by atoms with Gasteiger partial charge >= 0.3 is 0 Å². The van der Waals surface area contributed by atoms with Crippen LogP contribution in [0.5, 0.6) is 0 Å². The van der Waals surface area contributed by atoms with Crippen molar-refractivity contribution in [1.82, 2.24) is 24.5 Å². The van der Waals surface area contributed by atoms with Gasteiger partial charge in [-0.05, 0) is 55.7 Å². The van der Waals surface area contributed by atoms with Crippen molar-refractivity contribution in [2.75, 3.05) is 12.3 Å². The van der Waals surface area contributed by atoms with Crippen LogP contribution in [0.15, 0.2) is 29.4 Å². The van der Waals surface area contributed by atoms with Crippen molar-refractivity contribution >= 4 is 44.9 Å². The van der Waals surface area contributed by atoms with Gasteiger partial charge in [-0.15, -0.1) is 21.5 Å². The number of carbonyl (C=O) groups is 1. The number of amides is 1. The van der Waals surface area contributed by atoms with E-state index in [1.165, 1.54) is 51.6 Å². The molecule has 1 amide bonds. The normalized spacial score (nSPS) is 16.0. The number of nitrogens with zero attached hydrogens (tertiary/aromatic N) is 5. The molecule has 1 aromatic carbocycles. The van der Waals surface area contributed by atoms with Crippen LogP contribution in [0.3, 0.4) is 0 Å². The molecular weight excluding hydrogens is 426 g/mol. The number of fused-ring (bicyclic) bond motifs is 6. The first-order chi connectivity index (χ1) is 15.2. The summed E-state index contributed by atoms with van der Waals surface area (Å²) in [5.74, 6) is 1.39. The van der Waals surface area contributed by atoms with Crippen molar-refractivity contribution in [2.24, 2.45) is 0 Å². The lowest BCUT2D eigenvalue weighted by Crippen LogP contribution is -2.37. The van der Waals surface area contributed by atoms with Gasteiger partial charge in [-0.3, -0.25) is 9.20 Å². The first kappa shape index (κ1) is 19.3. The third kappa shape index (κ3) is 3.24. The SMILES string of the molecule is Cc1nc2sc3c(c2c2nnc(SCC(=O)N4CCc5ccccc5C4)n12)CCCC3. The monoisotopic (exact) mass is 449 g/mol. The number of aryl methyl sites for hydroxylation is 3. The van der Waals surface area contributed by atoms with Crippen molar-refractivity contribution in [3.8, 4) is 0 Å². The van der Waals surface area contributed by atoms with Crippen molar-refractivity contribution in [3.05, 3.63) is 51.7 Å². The number of hydrogen-bond donors (Lipinski definition) is 0. The van der Waals surface area contributed by atoms with Gasteiger partial charge in [0.2, 0.25) is 5.91 Å². The highest BCUT2D eigenvalue weighted by Gasteiger charge is 2.24. The maximum absolute atomic E-state index is 12.9. The molecular formula is C23H23N5OS2. The molecule has 0 atom stereocenters. The van der Waals surface area contributed by atoms with Crippen LogP contribution in [0.4, 0.5) is 0 Å². The molecule has 0 radical (unpaired) electrons. The fourth-order valence-electron chi connectivity index (χ4n) is 4.80. The van der Waals surface area contributed by atoms with Crippen molar-refractivity contribution in [1.29, 1.82) is 0 Å². The van der Waals surface area contributed by atoms with Gasteiger partial charge in [-0.1, -0.05) is 36.0 Å². The standard InChI is InChI=1S/C23H23N5OS2/c1-14-24-22-20(17-8-4-5-9-18(17)31-22)21-25-26-23(28(14)21)30-13-19(29)27-11-10-15-6-2-3-7-16(15)12-27/h2-3,6-7H,4-5,8-13H2,1H3. The van der Waals surface area contributed by atoms with E-state index in [-0.39, 0.29) is 5.91 Å². The molecule has 0 N–H and O–H groups in total. The molecule has 6 nitrogen and oxygen atoms in total. The van der Waals surface area contributed by atoms with Gasteiger partial charge in [0.05, 0.1) is 11.1 Å². The van der Waals surface area contributed by atoms with E-state index in [2.05, 4.69) is 28.4 Å². The Bertz CT molecular complexity index is 1320. The first-order valence-electron chi connectivity index (χ1n) is 10.8. The molecule has 1 aliphatic carbocycles. The van der Waals surface area contributed by atoms with Crippen LogP contribution in [0.2, 0.25) is 0 Å². The molecule has 158 valence electrons. The predicted molar refractivity (Wildman–Crippen MR) is 124 cm³/mol. The van der Waals surface area contributed by atoms with E-state index < -0.39 is 0 Å². The average molecular weight is 450 g/mol. The van der Waals surface area contributed by atoms with Gasteiger partial charge < -0.3 is 4.90 Å². The molecule has 0 fully saturated rings. The fraction of sp³-hybridized carbons (Fsp3) is 0.391. The van der Waals surface area contributed by atoms with Crippen molar-refractivity contribution in [2.45, 2.75) is 50.7 Å². The molecule has 0 bridgehead atoms. The van der Waals surface area contributed by atoms with Crippen LogP contribution in [0.25, 0.3) is 15.9 Å². The summed E-state index contributed by atoms with van der Waals surface area (Å²) in [6, 6.07) is 8.40. The molecule has 4 aromatic rings. The number of benzene rings is 1. The summed E-state index contributed by atoms with van der Waals surface area (Å²) in [5, 5.41) is 10.9. The highest BCUT2D eigenvalue weighted by atomic mass is 32.2. The third-order valence-electron chi connectivity index (χ3n) is 6.40. The highest BCUT2D eigenvalue weighted by Crippen LogP contribution is 2.38. The van der Waals surface area contributed by atoms with Gasteiger partial charge in [0.15, 0.2) is 10.8 Å². The number of hydrogen-bond acceptors (Lipinski definition) is 6. The topological polar surface area (TPSA) is 63.4 Å². The Balaban J connectivity index is 1.27. The zero-order chi connectivity index (χ0) is 20.9. The van der Waals surface area contributed by atoms with Crippen molar-refractivity contribution < 1.29 is 4.79 Å². The Kier molecular flexibility index (Phi) is 4.72. The fourth-order valence-corrected chi connectivity index (χ4v) is 6.98. The van der Waals surface area contributed by atoms with Crippen molar-refractivity contribution in [3.63, 3.8) is 0 Å². The van der Waals surface area contributed by atoms with Gasteiger partial charge in [0.25, 0.3) is 0 Å². The zero-order valence-corrected chi connectivity index (χ0v) is 19.1. The molecule has 3 aromatic heterocycles. The lowest BCUT2D eigenvalue weighted by atomic mass is 9.97. The predicted octanol–water partition coefficient (Wildman–Crippen LogP) is 4.20. The Labute approximate surface area is 188 Å². The second-order valence-electron chi connectivity index (χ2n) is 8.31. The number of aromatic nitrogens is 4. The summed E-state index contributed by atoms with van der Waals surface area (Å²) in [6.07, 6.45) is 5.64. The number of thiophene rings is 1. The Hall–Kier alpha value is -2.45. The molecule has 8 heteroatoms. The molecule has 0 saturated heterocycles. The second-order valence-corrected chi connectivity index (χ2v) is 10.3. The number of carbonyl (C=O) groups excluding carboxylic acids is 1. The minimum atomic E-state index is 0.149. The van der Waals surface area contributed by atoms with E-state index in [0.29, 0.717) is 12.3 Å². The van der Waals surface area contributed by atoms with Crippen LogP contribution < -0.4 is 0 Å². The summed E-state index contributed by atoms with van der Waals surface area (Å²) in [5.41, 5.74) is 4.91. The average Bonchev–Trinajstić information content (AvgIpc) is 3.38. The Morgan fingerprint density at radius 3 is 2.87 bits per heavy atom. The second kappa shape index (κ2) is 7.60. The number of rotatable bonds is 3. The van der Waals surface area contributed by atoms with E-state index in [4.69, 9.17) is 4.98 Å². The quantitative estimate of drug-likeness (QED) is 0.439. The van der Waals surface area contributed by atoms with E-state index in [9.17, 15) is 4.79 Å². The molecule has 2 aliphatic rings. The zero-order valence-electron chi connectivity index (χ0n) is 17.4. The Morgan fingerprint density at radius 1 is 1.13 bits per heavy atom. The van der Waals surface area contributed by atoms with Crippen LogP contribution in [-0.4, -0.2) is 42.7 Å². The van der Waals surface area contributed by atoms with E-state index in [1.54, 1.807) is 0 Å². The highest BCUT2D eigenvalue weighted by molar-refractivity contribution is 7.99. The molecule has 0 spiro atoms. The van der Waals surface area contributed by atoms with E-state index in [1.807, 2.05) is 33.6 Å². The molecule has 1 aliphatic heterocycles. The smallest absolute Gasteiger partial charge is 0.233 e. The lowest BCUT2D eigenvalue weighted by molar-refractivity contribution is -0.129. The minimum absolute atomic E-state index is 0.149. The summed E-state index contributed by atoms with van der Waals surface area (Å²) in [7, 11) is 0. The lowest BCUT2D eigenvalue weighted by Gasteiger charge is -2.28. The largest absolute Gasteiger partial charge is 0.337 e. The summed E-state index contributed by atoms with van der Waals surface area (Å²) >= 11 is 3.27. The molecule has 0 unspecified atom stereocenters. The molecule has 31 heavy (non-hydrogen) atoms. The third-order valence-corrected chi connectivity index (χ3v) is 8.50. The number of thioether (sulfide) groups is 1. The minimum Gasteiger partial charge on any atom is -0.337 e. The first-order valence-corrected chi connectivity index (χ1v) is 12.6. The Morgan fingerprint density at radius 2 is 1.97 bits per heavy atom. The van der Waals surface area contributed by atoms with Crippen LogP contribution in [0.1, 0.15) is 40.2 Å². The van der Waals surface area contributed by atoms with Crippen LogP contribution >= 0.6 is 23.1 Å². The maximum Gasteiger partial charge on any atom is 0.233 e. The van der Waals surface area contributed by atoms with Crippen LogP contribution in [-0.2, 0) is 30.6 Å². The van der Waals surface area contributed by atoms with Crippen LogP contribution in [0, 0.1) is 6.92 Å². The molecule has 6 rings (SSSR count). The van der Waals surface area contributed by atoms with Gasteiger partial charge in [0.1, 0.15) is 10.7 Å². The summed E-state index contributed by atoms with van der Waals surface area (Å²) in [4.78, 5) is 22.3. The van der Waals surface area contributed by atoms with E-state index in [0.717, 1.165) is 47.3 Å². The summed E-state index contributed by atoms with van der Waals surface area (Å²) in [6.45, 7) is 3.47. The van der Waals surface area contributed by atoms with Gasteiger partial charge in [-0.25, -0.2) is 4.98 Å². The van der Waals surface area contributed by atoms with Gasteiger partial charge in [-0.2, -0.15) is 0 Å². The summed E-state index contributed by atoms with van der Waals surface area (Å²) < 4.78 is 2.04. The van der Waals surface area contributed by atoms with E-state index >= 15 is 0 Å².